The van der Waals surface area contributed by atoms with Crippen molar-refractivity contribution in [2.75, 3.05) is 29.9 Å². The standard InChI is InChI=1S/C29H29N9O3/c1-28(2,3)41-27(39)37-13-11-29(37)15-36(16-29)23-9-8-22-25(35-23)26(32-17-30-22)34-19-4-6-20(7-5-19)40-21-10-12-38-24(14-21)31-18-33-38/h4-10,12,14,17-18H,11,13,15-16H2,1-3H3,(H,30,32,34). The van der Waals surface area contributed by atoms with Crippen LogP contribution >= 0.6 is 0 Å². The molecule has 12 nitrogen and oxygen atoms in total. The molecule has 2 saturated heterocycles. The molecule has 2 aliphatic rings. The van der Waals surface area contributed by atoms with E-state index >= 15 is 0 Å². The van der Waals surface area contributed by atoms with Gasteiger partial charge in [-0.1, -0.05) is 0 Å². The van der Waals surface area contributed by atoms with Gasteiger partial charge in [0.05, 0.1) is 11.1 Å². The highest BCUT2D eigenvalue weighted by atomic mass is 16.6. The van der Waals surface area contributed by atoms with Gasteiger partial charge in [-0.3, -0.25) is 4.90 Å². The lowest BCUT2D eigenvalue weighted by atomic mass is 9.78. The number of rotatable bonds is 5. The molecule has 6 heterocycles. The average Bonchev–Trinajstić information content (AvgIpc) is 3.36. The summed E-state index contributed by atoms with van der Waals surface area (Å²) in [6, 6.07) is 15.2. The summed E-state index contributed by atoms with van der Waals surface area (Å²) in [6.45, 7) is 7.82. The van der Waals surface area contributed by atoms with Crippen LogP contribution in [0.4, 0.5) is 22.1 Å². The van der Waals surface area contributed by atoms with Crippen LogP contribution in [0.5, 0.6) is 11.5 Å². The molecule has 2 aliphatic heterocycles. The minimum atomic E-state index is -0.512. The Morgan fingerprint density at radius 1 is 0.976 bits per heavy atom. The van der Waals surface area contributed by atoms with Gasteiger partial charge in [0.15, 0.2) is 11.5 Å². The maximum Gasteiger partial charge on any atom is 0.410 e. The number of fused-ring (bicyclic) bond motifs is 2. The SMILES string of the molecule is CC(C)(C)OC(=O)N1CCC12CN(c1ccc3ncnc(Nc4ccc(Oc5ccn6ncnc6c5)cc4)c3n1)C2. The minimum Gasteiger partial charge on any atom is -0.457 e. The molecule has 1 N–H and O–H groups in total. The van der Waals surface area contributed by atoms with E-state index in [-0.39, 0.29) is 11.6 Å². The number of aromatic nitrogens is 6. The second-order valence-electron chi connectivity index (χ2n) is 11.4. The Kier molecular flexibility index (Phi) is 5.66. The van der Waals surface area contributed by atoms with Crippen molar-refractivity contribution in [1.82, 2.24) is 34.4 Å². The van der Waals surface area contributed by atoms with Crippen LogP contribution in [0.15, 0.2) is 67.4 Å². The van der Waals surface area contributed by atoms with Gasteiger partial charge in [0.25, 0.3) is 0 Å². The molecule has 41 heavy (non-hydrogen) atoms. The Morgan fingerprint density at radius 3 is 2.56 bits per heavy atom. The van der Waals surface area contributed by atoms with Crippen molar-refractivity contribution in [1.29, 1.82) is 0 Å². The second kappa shape index (κ2) is 9.29. The van der Waals surface area contributed by atoms with E-state index in [1.165, 1.54) is 12.7 Å². The summed E-state index contributed by atoms with van der Waals surface area (Å²) in [5, 5.41) is 7.46. The Hall–Kier alpha value is -5.00. The van der Waals surface area contributed by atoms with Gasteiger partial charge in [-0.05, 0) is 69.7 Å². The van der Waals surface area contributed by atoms with Crippen molar-refractivity contribution in [2.24, 2.45) is 0 Å². The number of carbonyl (C=O) groups is 1. The first kappa shape index (κ1) is 25.0. The van der Waals surface area contributed by atoms with Crippen LogP contribution in [0.1, 0.15) is 27.2 Å². The zero-order valence-corrected chi connectivity index (χ0v) is 23.0. The number of pyridine rings is 2. The summed E-state index contributed by atoms with van der Waals surface area (Å²) in [6.07, 6.45) is 5.54. The number of hydrogen-bond acceptors (Lipinski definition) is 10. The molecular weight excluding hydrogens is 522 g/mol. The van der Waals surface area contributed by atoms with Crippen molar-refractivity contribution in [2.45, 2.75) is 38.3 Å². The molecular formula is C29H29N9O3. The Labute approximate surface area is 236 Å². The number of amides is 1. The van der Waals surface area contributed by atoms with E-state index in [0.717, 1.165) is 30.0 Å². The first-order valence-corrected chi connectivity index (χ1v) is 13.5. The molecule has 0 atom stereocenters. The maximum atomic E-state index is 12.7. The van der Waals surface area contributed by atoms with Crippen molar-refractivity contribution >= 4 is 40.1 Å². The smallest absolute Gasteiger partial charge is 0.410 e. The Bertz CT molecular complexity index is 1760. The zero-order chi connectivity index (χ0) is 28.2. The van der Waals surface area contributed by atoms with Crippen molar-refractivity contribution in [3.8, 4) is 11.5 Å². The second-order valence-corrected chi connectivity index (χ2v) is 11.4. The van der Waals surface area contributed by atoms with Crippen LogP contribution < -0.4 is 15.0 Å². The molecule has 0 radical (unpaired) electrons. The number of anilines is 3. The summed E-state index contributed by atoms with van der Waals surface area (Å²) in [5.41, 5.74) is 2.27. The maximum absolute atomic E-state index is 12.7. The molecule has 0 aliphatic carbocycles. The summed E-state index contributed by atoms with van der Waals surface area (Å²) in [4.78, 5) is 34.7. The molecule has 5 aromatic rings. The first-order chi connectivity index (χ1) is 19.7. The molecule has 4 aromatic heterocycles. The zero-order valence-electron chi connectivity index (χ0n) is 23.0. The lowest BCUT2D eigenvalue weighted by molar-refractivity contribution is -0.0562. The van der Waals surface area contributed by atoms with Gasteiger partial charge in [0.1, 0.15) is 41.1 Å². The predicted molar refractivity (Wildman–Crippen MR) is 153 cm³/mol. The van der Waals surface area contributed by atoms with Crippen LogP contribution in [-0.4, -0.2) is 71.3 Å². The van der Waals surface area contributed by atoms with Crippen molar-refractivity contribution in [3.05, 3.63) is 67.4 Å². The fourth-order valence-electron chi connectivity index (χ4n) is 5.23. The van der Waals surface area contributed by atoms with E-state index in [0.29, 0.717) is 41.6 Å². The van der Waals surface area contributed by atoms with E-state index in [1.54, 1.807) is 10.7 Å². The highest BCUT2D eigenvalue weighted by Crippen LogP contribution is 2.42. The topological polar surface area (TPSA) is 123 Å². The van der Waals surface area contributed by atoms with Crippen LogP contribution in [0.3, 0.4) is 0 Å². The quantitative estimate of drug-likeness (QED) is 0.326. The van der Waals surface area contributed by atoms with Crippen molar-refractivity contribution < 1.29 is 14.3 Å². The predicted octanol–water partition coefficient (Wildman–Crippen LogP) is 4.80. The summed E-state index contributed by atoms with van der Waals surface area (Å²) in [7, 11) is 0. The van der Waals surface area contributed by atoms with E-state index in [4.69, 9.17) is 14.5 Å². The number of nitrogens with one attached hydrogen (secondary N) is 1. The van der Waals surface area contributed by atoms with Gasteiger partial charge in [-0.25, -0.2) is 29.2 Å². The number of likely N-dealkylation sites (tertiary alicyclic amines) is 1. The molecule has 1 aromatic carbocycles. The third-order valence-corrected chi connectivity index (χ3v) is 7.35. The molecule has 0 unspecified atom stereocenters. The molecule has 12 heteroatoms. The fraction of sp³-hybridized carbons (Fsp3) is 0.310. The first-order valence-electron chi connectivity index (χ1n) is 13.5. The summed E-state index contributed by atoms with van der Waals surface area (Å²) in [5.74, 6) is 2.80. The summed E-state index contributed by atoms with van der Waals surface area (Å²) >= 11 is 0. The minimum absolute atomic E-state index is 0.182. The normalized spacial score (nSPS) is 16.0. The molecule has 0 bridgehead atoms. The third kappa shape index (κ3) is 4.71. The monoisotopic (exact) mass is 551 g/mol. The van der Waals surface area contributed by atoms with Gasteiger partial charge in [0, 0.05) is 37.6 Å². The van der Waals surface area contributed by atoms with Crippen LogP contribution in [0.2, 0.25) is 0 Å². The number of carbonyl (C=O) groups excluding carboxylic acids is 1. The third-order valence-electron chi connectivity index (χ3n) is 7.35. The average molecular weight is 552 g/mol. The number of ether oxygens (including phenoxy) is 2. The molecule has 1 amide bonds. The molecule has 1 spiro atoms. The van der Waals surface area contributed by atoms with Gasteiger partial charge in [0.2, 0.25) is 0 Å². The van der Waals surface area contributed by atoms with Gasteiger partial charge in [-0.2, -0.15) is 5.10 Å². The highest BCUT2D eigenvalue weighted by molar-refractivity contribution is 5.88. The van der Waals surface area contributed by atoms with Crippen LogP contribution in [0, 0.1) is 0 Å². The van der Waals surface area contributed by atoms with Gasteiger partial charge in [-0.15, -0.1) is 0 Å². The fourth-order valence-corrected chi connectivity index (χ4v) is 5.23. The summed E-state index contributed by atoms with van der Waals surface area (Å²) < 4.78 is 13.3. The lowest BCUT2D eigenvalue weighted by Gasteiger charge is -2.62. The number of nitrogens with zero attached hydrogens (tertiary/aromatic N) is 8. The Balaban J connectivity index is 1.05. The molecule has 208 valence electrons. The van der Waals surface area contributed by atoms with Gasteiger partial charge >= 0.3 is 6.09 Å². The number of hydrogen-bond donors (Lipinski definition) is 1. The molecule has 0 saturated carbocycles. The van der Waals surface area contributed by atoms with Gasteiger partial charge < -0.3 is 19.7 Å². The van der Waals surface area contributed by atoms with E-state index in [2.05, 4.69) is 30.3 Å². The Morgan fingerprint density at radius 2 is 1.80 bits per heavy atom. The van der Waals surface area contributed by atoms with Crippen LogP contribution in [-0.2, 0) is 4.74 Å². The van der Waals surface area contributed by atoms with E-state index < -0.39 is 5.60 Å². The largest absolute Gasteiger partial charge is 0.457 e. The number of benzene rings is 1. The van der Waals surface area contributed by atoms with Crippen LogP contribution in [0.25, 0.3) is 16.7 Å². The van der Waals surface area contributed by atoms with Crippen molar-refractivity contribution in [3.63, 3.8) is 0 Å². The van der Waals surface area contributed by atoms with E-state index in [9.17, 15) is 4.79 Å². The molecule has 7 rings (SSSR count). The highest BCUT2D eigenvalue weighted by Gasteiger charge is 2.56. The lowest BCUT2D eigenvalue weighted by Crippen LogP contribution is -2.78. The van der Waals surface area contributed by atoms with E-state index in [1.807, 2.05) is 74.2 Å². The molecule has 2 fully saturated rings.